The van der Waals surface area contributed by atoms with Gasteiger partial charge in [0.15, 0.2) is 0 Å². The van der Waals surface area contributed by atoms with Crippen LogP contribution in [0.2, 0.25) is 0 Å². The second kappa shape index (κ2) is 7.95. The predicted molar refractivity (Wildman–Crippen MR) is 92.9 cm³/mol. The number of imidazole rings is 1. The Bertz CT molecular complexity index is 687. The third-order valence-corrected chi connectivity index (χ3v) is 4.71. The Hall–Kier alpha value is -1.95. The number of hydrogen-bond acceptors (Lipinski definition) is 3. The highest BCUT2D eigenvalue weighted by atomic mass is 19.3. The number of ether oxygens (including phenoxy) is 1. The van der Waals surface area contributed by atoms with E-state index in [1.54, 1.807) is 12.1 Å². The number of hydrogen-bond donors (Lipinski definition) is 0. The summed E-state index contributed by atoms with van der Waals surface area (Å²) in [5.41, 5.74) is 0.802. The molecule has 25 heavy (non-hydrogen) atoms. The molecular weight excluding hydrogens is 324 g/mol. The molecule has 0 unspecified atom stereocenters. The van der Waals surface area contributed by atoms with Gasteiger partial charge in [0.2, 0.25) is 0 Å². The van der Waals surface area contributed by atoms with Gasteiger partial charge in [-0.15, -0.1) is 0 Å². The van der Waals surface area contributed by atoms with Gasteiger partial charge in [-0.2, -0.15) is 8.78 Å². The molecule has 4 nitrogen and oxygen atoms in total. The molecule has 1 saturated heterocycles. The zero-order valence-corrected chi connectivity index (χ0v) is 14.7. The highest BCUT2D eigenvalue weighted by Crippen LogP contribution is 2.30. The van der Waals surface area contributed by atoms with Gasteiger partial charge >= 0.3 is 6.61 Å². The molecule has 136 valence electrons. The zero-order valence-electron chi connectivity index (χ0n) is 14.7. The standard InChI is InChI=1S/C19H25F2N3O/c1-14(2)24-11-9-22-18(24)16-7-5-10-23(13-16)12-15-6-3-4-8-17(15)25-19(20)21/h3-4,6,8-9,11,14,16,19H,5,7,10,12-13H2,1-2H3/t16-/m1/s1. The van der Waals surface area contributed by atoms with Crippen LogP contribution in [-0.4, -0.2) is 34.2 Å². The molecule has 1 atom stereocenters. The lowest BCUT2D eigenvalue weighted by atomic mass is 9.96. The first-order chi connectivity index (χ1) is 12.0. The summed E-state index contributed by atoms with van der Waals surface area (Å²) in [6.45, 7) is 3.97. The van der Waals surface area contributed by atoms with E-state index in [4.69, 9.17) is 0 Å². The van der Waals surface area contributed by atoms with E-state index in [1.807, 2.05) is 24.5 Å². The average molecular weight is 349 g/mol. The number of nitrogens with zero attached hydrogens (tertiary/aromatic N) is 3. The summed E-state index contributed by atoms with van der Waals surface area (Å²) in [5, 5.41) is 0. The smallest absolute Gasteiger partial charge is 0.387 e. The van der Waals surface area contributed by atoms with E-state index in [2.05, 4.69) is 33.0 Å². The number of rotatable bonds is 6. The summed E-state index contributed by atoms with van der Waals surface area (Å²) in [5.74, 6) is 1.76. The van der Waals surface area contributed by atoms with E-state index in [0.29, 0.717) is 18.5 Å². The van der Waals surface area contributed by atoms with Crippen LogP contribution in [-0.2, 0) is 6.54 Å². The van der Waals surface area contributed by atoms with Gasteiger partial charge in [-0.3, -0.25) is 4.90 Å². The minimum atomic E-state index is -2.80. The fourth-order valence-electron chi connectivity index (χ4n) is 3.57. The summed E-state index contributed by atoms with van der Waals surface area (Å²) >= 11 is 0. The van der Waals surface area contributed by atoms with Crippen molar-refractivity contribution < 1.29 is 13.5 Å². The van der Waals surface area contributed by atoms with E-state index < -0.39 is 6.61 Å². The van der Waals surface area contributed by atoms with Crippen molar-refractivity contribution in [1.29, 1.82) is 0 Å². The van der Waals surface area contributed by atoms with Crippen LogP contribution >= 0.6 is 0 Å². The summed E-state index contributed by atoms with van der Waals surface area (Å²) in [7, 11) is 0. The van der Waals surface area contributed by atoms with Crippen molar-refractivity contribution in [1.82, 2.24) is 14.5 Å². The third kappa shape index (κ3) is 4.37. The summed E-state index contributed by atoms with van der Waals surface area (Å²) < 4.78 is 32.1. The van der Waals surface area contributed by atoms with Gasteiger partial charge in [0, 0.05) is 43.0 Å². The first-order valence-corrected chi connectivity index (χ1v) is 8.82. The van der Waals surface area contributed by atoms with Gasteiger partial charge in [0.1, 0.15) is 11.6 Å². The number of halogens is 2. The van der Waals surface area contributed by atoms with Gasteiger partial charge in [-0.05, 0) is 39.3 Å². The molecule has 6 heteroatoms. The minimum Gasteiger partial charge on any atom is -0.434 e. The molecule has 3 rings (SSSR count). The number of para-hydroxylation sites is 1. The third-order valence-electron chi connectivity index (χ3n) is 4.71. The lowest BCUT2D eigenvalue weighted by Crippen LogP contribution is -2.35. The first kappa shape index (κ1) is 17.9. The molecule has 2 aromatic rings. The summed E-state index contributed by atoms with van der Waals surface area (Å²) in [6, 6.07) is 7.43. The highest BCUT2D eigenvalue weighted by Gasteiger charge is 2.26. The van der Waals surface area contributed by atoms with Crippen LogP contribution in [0.1, 0.15) is 50.0 Å². The van der Waals surface area contributed by atoms with Crippen LogP contribution in [0, 0.1) is 0 Å². The lowest BCUT2D eigenvalue weighted by molar-refractivity contribution is -0.0508. The van der Waals surface area contributed by atoms with Crippen LogP contribution in [0.15, 0.2) is 36.7 Å². The van der Waals surface area contributed by atoms with Crippen LogP contribution in [0.5, 0.6) is 5.75 Å². The Kier molecular flexibility index (Phi) is 5.68. The predicted octanol–water partition coefficient (Wildman–Crippen LogP) is 4.45. The van der Waals surface area contributed by atoms with Gasteiger partial charge < -0.3 is 9.30 Å². The molecule has 1 aromatic carbocycles. The maximum Gasteiger partial charge on any atom is 0.387 e. The molecule has 0 aliphatic carbocycles. The van der Waals surface area contributed by atoms with Crippen molar-refractivity contribution >= 4 is 0 Å². The number of benzene rings is 1. The number of likely N-dealkylation sites (tertiary alicyclic amines) is 1. The van der Waals surface area contributed by atoms with E-state index in [-0.39, 0.29) is 5.75 Å². The van der Waals surface area contributed by atoms with Crippen LogP contribution < -0.4 is 4.74 Å². The topological polar surface area (TPSA) is 30.3 Å². The van der Waals surface area contributed by atoms with Crippen molar-refractivity contribution in [3.63, 3.8) is 0 Å². The molecule has 0 N–H and O–H groups in total. The van der Waals surface area contributed by atoms with Gasteiger partial charge in [-0.1, -0.05) is 18.2 Å². The molecule has 1 aliphatic rings. The SMILES string of the molecule is CC(C)n1ccnc1[C@@H]1CCCN(Cc2ccccc2OC(F)F)C1. The van der Waals surface area contributed by atoms with Crippen molar-refractivity contribution in [3.05, 3.63) is 48.0 Å². The Morgan fingerprint density at radius 3 is 2.84 bits per heavy atom. The fraction of sp³-hybridized carbons (Fsp3) is 0.526. The minimum absolute atomic E-state index is 0.267. The maximum atomic E-state index is 12.6. The Balaban J connectivity index is 1.71. The molecule has 0 amide bonds. The van der Waals surface area contributed by atoms with E-state index in [1.165, 1.54) is 0 Å². The van der Waals surface area contributed by atoms with E-state index in [0.717, 1.165) is 37.3 Å². The highest BCUT2D eigenvalue weighted by molar-refractivity contribution is 5.33. The molecule has 1 aromatic heterocycles. The molecule has 0 saturated carbocycles. The Morgan fingerprint density at radius 1 is 1.28 bits per heavy atom. The number of alkyl halides is 2. The number of aromatic nitrogens is 2. The second-order valence-corrected chi connectivity index (χ2v) is 6.85. The quantitative estimate of drug-likeness (QED) is 0.772. The first-order valence-electron chi connectivity index (χ1n) is 8.82. The molecule has 1 aliphatic heterocycles. The van der Waals surface area contributed by atoms with Gasteiger partial charge in [-0.25, -0.2) is 4.98 Å². The van der Waals surface area contributed by atoms with Gasteiger partial charge in [0.05, 0.1) is 0 Å². The van der Waals surface area contributed by atoms with E-state index >= 15 is 0 Å². The molecule has 0 bridgehead atoms. The Morgan fingerprint density at radius 2 is 2.08 bits per heavy atom. The van der Waals surface area contributed by atoms with Crippen molar-refractivity contribution in [3.8, 4) is 5.75 Å². The van der Waals surface area contributed by atoms with Crippen LogP contribution in [0.3, 0.4) is 0 Å². The molecule has 1 fully saturated rings. The lowest BCUT2D eigenvalue weighted by Gasteiger charge is -2.33. The largest absolute Gasteiger partial charge is 0.434 e. The zero-order chi connectivity index (χ0) is 17.8. The molecule has 0 spiro atoms. The van der Waals surface area contributed by atoms with E-state index in [9.17, 15) is 8.78 Å². The van der Waals surface area contributed by atoms with Crippen molar-refractivity contribution in [2.45, 2.75) is 51.8 Å². The van der Waals surface area contributed by atoms with Crippen LogP contribution in [0.4, 0.5) is 8.78 Å². The maximum absolute atomic E-state index is 12.6. The summed E-state index contributed by atoms with van der Waals surface area (Å²) in [4.78, 5) is 6.88. The van der Waals surface area contributed by atoms with Crippen LogP contribution in [0.25, 0.3) is 0 Å². The average Bonchev–Trinajstić information content (AvgIpc) is 3.06. The fourth-order valence-corrected chi connectivity index (χ4v) is 3.57. The van der Waals surface area contributed by atoms with Gasteiger partial charge in [0.25, 0.3) is 0 Å². The molecule has 2 heterocycles. The Labute approximate surface area is 147 Å². The second-order valence-electron chi connectivity index (χ2n) is 6.85. The normalized spacial score (nSPS) is 18.9. The van der Waals surface area contributed by atoms with Crippen molar-refractivity contribution in [2.24, 2.45) is 0 Å². The number of piperidine rings is 1. The molecule has 0 radical (unpaired) electrons. The summed E-state index contributed by atoms with van der Waals surface area (Å²) in [6.07, 6.45) is 6.08. The monoisotopic (exact) mass is 349 g/mol. The van der Waals surface area contributed by atoms with Crippen molar-refractivity contribution in [2.75, 3.05) is 13.1 Å². The molecular formula is C19H25F2N3O.